The standard InChI is InChI=1S/C10H22ClN/c1-4-10(5-6-11)8-12-7-9(2)3/h9-10,12H,4-8H2,1-3H3. The highest BCUT2D eigenvalue weighted by molar-refractivity contribution is 6.17. The zero-order chi connectivity index (χ0) is 9.40. The molecule has 0 rings (SSSR count). The van der Waals surface area contributed by atoms with Crippen molar-refractivity contribution < 1.29 is 0 Å². The van der Waals surface area contributed by atoms with Gasteiger partial charge in [-0.15, -0.1) is 11.6 Å². The van der Waals surface area contributed by atoms with Crippen LogP contribution in [0.4, 0.5) is 0 Å². The lowest BCUT2D eigenvalue weighted by Gasteiger charge is -2.15. The Morgan fingerprint density at radius 1 is 1.25 bits per heavy atom. The van der Waals surface area contributed by atoms with Crippen molar-refractivity contribution in [3.8, 4) is 0 Å². The SMILES string of the molecule is CCC(CCCl)CNCC(C)C. The Morgan fingerprint density at radius 3 is 2.33 bits per heavy atom. The summed E-state index contributed by atoms with van der Waals surface area (Å²) in [7, 11) is 0. The van der Waals surface area contributed by atoms with Crippen molar-refractivity contribution >= 4 is 11.6 Å². The molecule has 0 fully saturated rings. The molecule has 0 aliphatic rings. The minimum atomic E-state index is 0.749. The number of rotatable bonds is 7. The summed E-state index contributed by atoms with van der Waals surface area (Å²) in [5.41, 5.74) is 0. The molecule has 1 N–H and O–H groups in total. The molecule has 74 valence electrons. The topological polar surface area (TPSA) is 12.0 Å². The van der Waals surface area contributed by atoms with Crippen LogP contribution in [0.1, 0.15) is 33.6 Å². The van der Waals surface area contributed by atoms with Gasteiger partial charge < -0.3 is 5.32 Å². The molecule has 0 saturated carbocycles. The lowest BCUT2D eigenvalue weighted by atomic mass is 10.0. The van der Waals surface area contributed by atoms with Gasteiger partial charge in [-0.25, -0.2) is 0 Å². The van der Waals surface area contributed by atoms with E-state index in [1.54, 1.807) is 0 Å². The number of hydrogen-bond donors (Lipinski definition) is 1. The van der Waals surface area contributed by atoms with Gasteiger partial charge in [0.2, 0.25) is 0 Å². The lowest BCUT2D eigenvalue weighted by molar-refractivity contribution is 0.431. The molecule has 0 aliphatic carbocycles. The quantitative estimate of drug-likeness (QED) is 0.611. The molecule has 1 atom stereocenters. The Morgan fingerprint density at radius 2 is 1.92 bits per heavy atom. The van der Waals surface area contributed by atoms with Crippen LogP contribution in [-0.4, -0.2) is 19.0 Å². The van der Waals surface area contributed by atoms with E-state index in [4.69, 9.17) is 11.6 Å². The molecule has 0 aliphatic heterocycles. The zero-order valence-corrected chi connectivity index (χ0v) is 9.32. The van der Waals surface area contributed by atoms with Gasteiger partial charge in [0.1, 0.15) is 0 Å². The number of halogens is 1. The van der Waals surface area contributed by atoms with E-state index in [1.807, 2.05) is 0 Å². The van der Waals surface area contributed by atoms with Crippen molar-refractivity contribution in [1.29, 1.82) is 0 Å². The van der Waals surface area contributed by atoms with Crippen LogP contribution in [0.25, 0.3) is 0 Å². The highest BCUT2D eigenvalue weighted by Crippen LogP contribution is 2.07. The molecule has 0 amide bonds. The second-order valence-electron chi connectivity index (χ2n) is 3.80. The van der Waals surface area contributed by atoms with Crippen LogP contribution in [0.3, 0.4) is 0 Å². The van der Waals surface area contributed by atoms with E-state index in [1.165, 1.54) is 6.42 Å². The van der Waals surface area contributed by atoms with Gasteiger partial charge in [0.05, 0.1) is 0 Å². The zero-order valence-electron chi connectivity index (χ0n) is 8.57. The van der Waals surface area contributed by atoms with Gasteiger partial charge in [-0.2, -0.15) is 0 Å². The maximum absolute atomic E-state index is 5.69. The van der Waals surface area contributed by atoms with E-state index in [0.29, 0.717) is 0 Å². The van der Waals surface area contributed by atoms with Crippen LogP contribution in [0, 0.1) is 11.8 Å². The molecule has 0 radical (unpaired) electrons. The Labute approximate surface area is 81.9 Å². The van der Waals surface area contributed by atoms with Crippen molar-refractivity contribution in [1.82, 2.24) is 5.32 Å². The fraction of sp³-hybridized carbons (Fsp3) is 1.00. The van der Waals surface area contributed by atoms with E-state index in [9.17, 15) is 0 Å². The van der Waals surface area contributed by atoms with Crippen LogP contribution in [-0.2, 0) is 0 Å². The first-order valence-corrected chi connectivity index (χ1v) is 5.50. The largest absolute Gasteiger partial charge is 0.316 e. The van der Waals surface area contributed by atoms with E-state index < -0.39 is 0 Å². The molecule has 0 spiro atoms. The number of nitrogens with one attached hydrogen (secondary N) is 1. The fourth-order valence-corrected chi connectivity index (χ4v) is 1.49. The Balaban J connectivity index is 3.31. The van der Waals surface area contributed by atoms with Crippen molar-refractivity contribution in [3.05, 3.63) is 0 Å². The van der Waals surface area contributed by atoms with Gasteiger partial charge in [0.15, 0.2) is 0 Å². The fourth-order valence-electron chi connectivity index (χ4n) is 1.18. The first kappa shape index (κ1) is 12.2. The van der Waals surface area contributed by atoms with Crippen LogP contribution in [0.2, 0.25) is 0 Å². The van der Waals surface area contributed by atoms with Crippen LogP contribution in [0.15, 0.2) is 0 Å². The first-order valence-electron chi connectivity index (χ1n) is 4.97. The summed E-state index contributed by atoms with van der Waals surface area (Å²) in [6.45, 7) is 8.94. The normalized spacial score (nSPS) is 13.8. The van der Waals surface area contributed by atoms with E-state index in [0.717, 1.165) is 37.2 Å². The summed E-state index contributed by atoms with van der Waals surface area (Å²) in [5.74, 6) is 2.31. The smallest absolute Gasteiger partial charge is 0.0226 e. The summed E-state index contributed by atoms with van der Waals surface area (Å²) in [4.78, 5) is 0. The third kappa shape index (κ3) is 6.93. The Bertz CT molecular complexity index is 93.8. The van der Waals surface area contributed by atoms with Crippen molar-refractivity contribution in [3.63, 3.8) is 0 Å². The second-order valence-corrected chi connectivity index (χ2v) is 4.18. The van der Waals surface area contributed by atoms with E-state index in [2.05, 4.69) is 26.1 Å². The molecule has 1 nitrogen and oxygen atoms in total. The lowest BCUT2D eigenvalue weighted by Crippen LogP contribution is -2.26. The molecular weight excluding hydrogens is 170 g/mol. The number of alkyl halides is 1. The molecule has 0 aromatic rings. The Kier molecular flexibility index (Phi) is 8.04. The molecule has 0 heterocycles. The molecule has 0 aromatic heterocycles. The first-order chi connectivity index (χ1) is 5.70. The molecule has 0 aromatic carbocycles. The van der Waals surface area contributed by atoms with Gasteiger partial charge >= 0.3 is 0 Å². The summed E-state index contributed by atoms with van der Waals surface area (Å²) in [5, 5.41) is 3.46. The summed E-state index contributed by atoms with van der Waals surface area (Å²) in [6.07, 6.45) is 2.38. The van der Waals surface area contributed by atoms with Gasteiger partial charge in [-0.05, 0) is 31.3 Å². The minimum absolute atomic E-state index is 0.749. The maximum Gasteiger partial charge on any atom is 0.0226 e. The van der Waals surface area contributed by atoms with E-state index in [-0.39, 0.29) is 0 Å². The Hall–Kier alpha value is 0.250. The van der Waals surface area contributed by atoms with Crippen molar-refractivity contribution in [2.24, 2.45) is 11.8 Å². The summed E-state index contributed by atoms with van der Waals surface area (Å²) in [6, 6.07) is 0. The highest BCUT2D eigenvalue weighted by atomic mass is 35.5. The molecule has 12 heavy (non-hydrogen) atoms. The van der Waals surface area contributed by atoms with Crippen molar-refractivity contribution in [2.75, 3.05) is 19.0 Å². The van der Waals surface area contributed by atoms with Gasteiger partial charge in [0, 0.05) is 5.88 Å². The van der Waals surface area contributed by atoms with Crippen LogP contribution < -0.4 is 5.32 Å². The minimum Gasteiger partial charge on any atom is -0.316 e. The van der Waals surface area contributed by atoms with Crippen LogP contribution in [0.5, 0.6) is 0 Å². The monoisotopic (exact) mass is 191 g/mol. The van der Waals surface area contributed by atoms with Crippen molar-refractivity contribution in [2.45, 2.75) is 33.6 Å². The van der Waals surface area contributed by atoms with E-state index >= 15 is 0 Å². The average molecular weight is 192 g/mol. The maximum atomic E-state index is 5.69. The molecular formula is C10H22ClN. The molecule has 1 unspecified atom stereocenters. The predicted molar refractivity (Wildman–Crippen MR) is 56.8 cm³/mol. The highest BCUT2D eigenvalue weighted by Gasteiger charge is 2.04. The summed E-state index contributed by atoms with van der Waals surface area (Å²) >= 11 is 5.69. The third-order valence-electron chi connectivity index (χ3n) is 2.08. The molecule has 0 bridgehead atoms. The van der Waals surface area contributed by atoms with Crippen LogP contribution >= 0.6 is 11.6 Å². The molecule has 0 saturated heterocycles. The van der Waals surface area contributed by atoms with Gasteiger partial charge in [-0.3, -0.25) is 0 Å². The third-order valence-corrected chi connectivity index (χ3v) is 2.30. The summed E-state index contributed by atoms with van der Waals surface area (Å²) < 4.78 is 0. The number of hydrogen-bond acceptors (Lipinski definition) is 1. The predicted octanol–water partition coefficient (Wildman–Crippen LogP) is 2.89. The van der Waals surface area contributed by atoms with Gasteiger partial charge in [-0.1, -0.05) is 27.2 Å². The second kappa shape index (κ2) is 7.88. The molecule has 2 heteroatoms. The van der Waals surface area contributed by atoms with Gasteiger partial charge in [0.25, 0.3) is 0 Å². The average Bonchev–Trinajstić information content (AvgIpc) is 2.02.